The zero-order valence-corrected chi connectivity index (χ0v) is 12.7. The van der Waals surface area contributed by atoms with Crippen molar-refractivity contribution in [1.82, 2.24) is 0 Å². The van der Waals surface area contributed by atoms with Gasteiger partial charge in [-0.15, -0.1) is 6.58 Å². The second kappa shape index (κ2) is 6.46. The maximum atomic E-state index is 4.40. The minimum atomic E-state index is 0.155. The lowest BCUT2D eigenvalue weighted by Gasteiger charge is -2.37. The molecule has 0 bridgehead atoms. The lowest BCUT2D eigenvalue weighted by Crippen LogP contribution is -2.24. The van der Waals surface area contributed by atoms with E-state index in [2.05, 4.69) is 51.4 Å². The molecule has 0 radical (unpaired) electrons. The van der Waals surface area contributed by atoms with Gasteiger partial charge < -0.3 is 0 Å². The first-order valence-electron chi connectivity index (χ1n) is 7.30. The highest BCUT2D eigenvalue weighted by molar-refractivity contribution is 5.50. The Kier molecular flexibility index (Phi) is 4.66. The van der Waals surface area contributed by atoms with Gasteiger partial charge >= 0.3 is 0 Å². The zero-order valence-electron chi connectivity index (χ0n) is 12.7. The van der Waals surface area contributed by atoms with E-state index in [1.54, 1.807) is 0 Å². The molecule has 1 aliphatic rings. The number of hydrogen-bond acceptors (Lipinski definition) is 0. The first-order chi connectivity index (χ1) is 10.1. The summed E-state index contributed by atoms with van der Waals surface area (Å²) in [5.74, 6) is 0.927. The summed E-state index contributed by atoms with van der Waals surface area (Å²) in [6.45, 7) is 18.5. The lowest BCUT2D eigenvalue weighted by molar-refractivity contribution is 0.451. The Hall–Kier alpha value is -2.26. The van der Waals surface area contributed by atoms with Crippen molar-refractivity contribution in [3.05, 3.63) is 97.2 Å². The molecule has 21 heavy (non-hydrogen) atoms. The standard InChI is InChI=1S/C21H22/c1-6-15(4)20-14-17(7-2)19(8-3)21(16(20)5)18-12-10-9-11-13-18/h6-8,10,12-13,15,20-21H,1-3,5,14H2,4H3. The third-order valence-corrected chi connectivity index (χ3v) is 4.46. The fourth-order valence-electron chi connectivity index (χ4n) is 3.16. The lowest BCUT2D eigenvalue weighted by atomic mass is 9.67. The van der Waals surface area contributed by atoms with E-state index in [9.17, 15) is 0 Å². The van der Waals surface area contributed by atoms with Crippen LogP contribution in [-0.4, -0.2) is 0 Å². The third kappa shape index (κ3) is 2.78. The highest BCUT2D eigenvalue weighted by atomic mass is 14.4. The average Bonchev–Trinajstić information content (AvgIpc) is 2.54. The van der Waals surface area contributed by atoms with Gasteiger partial charge in [-0.1, -0.05) is 62.6 Å². The van der Waals surface area contributed by atoms with Crippen LogP contribution in [0.5, 0.6) is 0 Å². The van der Waals surface area contributed by atoms with Crippen LogP contribution in [0, 0.1) is 24.0 Å². The molecule has 106 valence electrons. The van der Waals surface area contributed by atoms with E-state index < -0.39 is 0 Å². The van der Waals surface area contributed by atoms with Gasteiger partial charge in [0.25, 0.3) is 0 Å². The van der Waals surface area contributed by atoms with Gasteiger partial charge in [-0.25, -0.2) is 0 Å². The molecule has 0 N–H and O–H groups in total. The minimum Gasteiger partial charge on any atom is -0.103 e. The molecule has 3 atom stereocenters. The second-order valence-corrected chi connectivity index (χ2v) is 5.57. The topological polar surface area (TPSA) is 0 Å². The molecule has 0 aliphatic heterocycles. The van der Waals surface area contributed by atoms with Gasteiger partial charge in [0.1, 0.15) is 0 Å². The SMILES string of the molecule is C=CC1=C(C=C)C(c2cc#ccc2)C(=C)C(C(C)C=C)C1. The fraction of sp³-hybridized carbons (Fsp3) is 0.238. The van der Waals surface area contributed by atoms with Crippen molar-refractivity contribution >= 4 is 0 Å². The zero-order chi connectivity index (χ0) is 15.4. The first-order valence-corrected chi connectivity index (χ1v) is 7.30. The molecule has 1 aromatic rings. The Morgan fingerprint density at radius 1 is 1.24 bits per heavy atom. The number of rotatable bonds is 5. The van der Waals surface area contributed by atoms with E-state index in [4.69, 9.17) is 0 Å². The van der Waals surface area contributed by atoms with Crippen LogP contribution in [0.2, 0.25) is 0 Å². The Balaban J connectivity index is 2.57. The summed E-state index contributed by atoms with van der Waals surface area (Å²) in [6.07, 6.45) is 6.86. The Morgan fingerprint density at radius 2 is 2.00 bits per heavy atom. The van der Waals surface area contributed by atoms with Gasteiger partial charge in [-0.05, 0) is 53.2 Å². The molecule has 2 rings (SSSR count). The smallest absolute Gasteiger partial charge is 0.0308 e. The molecule has 0 fully saturated rings. The normalized spacial score (nSPS) is 23.2. The van der Waals surface area contributed by atoms with Crippen LogP contribution < -0.4 is 0 Å². The van der Waals surface area contributed by atoms with Gasteiger partial charge in [0.05, 0.1) is 0 Å². The Labute approximate surface area is 128 Å². The van der Waals surface area contributed by atoms with E-state index in [0.29, 0.717) is 11.8 Å². The largest absolute Gasteiger partial charge is 0.103 e. The van der Waals surface area contributed by atoms with Crippen molar-refractivity contribution in [3.63, 3.8) is 0 Å². The van der Waals surface area contributed by atoms with E-state index in [1.807, 2.05) is 30.4 Å². The van der Waals surface area contributed by atoms with Crippen LogP contribution >= 0.6 is 0 Å². The predicted octanol–water partition coefficient (Wildman–Crippen LogP) is 5.44. The van der Waals surface area contributed by atoms with E-state index in [1.165, 1.54) is 22.3 Å². The summed E-state index contributed by atoms with van der Waals surface area (Å²) in [6, 6.07) is 12.0. The third-order valence-electron chi connectivity index (χ3n) is 4.46. The van der Waals surface area contributed by atoms with Crippen LogP contribution in [0.4, 0.5) is 0 Å². The van der Waals surface area contributed by atoms with E-state index >= 15 is 0 Å². The summed E-state index contributed by atoms with van der Waals surface area (Å²) in [5.41, 5.74) is 4.88. The van der Waals surface area contributed by atoms with Crippen LogP contribution in [0.1, 0.15) is 24.8 Å². The molecule has 0 saturated heterocycles. The van der Waals surface area contributed by atoms with Gasteiger partial charge in [-0.2, -0.15) is 0 Å². The van der Waals surface area contributed by atoms with E-state index in [-0.39, 0.29) is 5.92 Å². The molecular weight excluding hydrogens is 252 g/mol. The van der Waals surface area contributed by atoms with Crippen molar-refractivity contribution in [1.29, 1.82) is 0 Å². The molecule has 0 amide bonds. The maximum absolute atomic E-state index is 4.40. The monoisotopic (exact) mass is 274 g/mol. The second-order valence-electron chi connectivity index (χ2n) is 5.57. The molecular formula is C21H22. The van der Waals surface area contributed by atoms with Crippen LogP contribution in [0.15, 0.2) is 79.5 Å². The minimum absolute atomic E-state index is 0.155. The van der Waals surface area contributed by atoms with Crippen molar-refractivity contribution in [2.45, 2.75) is 19.3 Å². The Morgan fingerprint density at radius 3 is 2.52 bits per heavy atom. The summed E-state index contributed by atoms with van der Waals surface area (Å²) in [7, 11) is 0. The summed E-state index contributed by atoms with van der Waals surface area (Å²) >= 11 is 0. The molecule has 0 saturated carbocycles. The number of hydrogen-bond donors (Lipinski definition) is 0. The van der Waals surface area contributed by atoms with Crippen molar-refractivity contribution in [2.75, 3.05) is 0 Å². The highest BCUT2D eigenvalue weighted by Crippen LogP contribution is 2.46. The van der Waals surface area contributed by atoms with Crippen LogP contribution in [0.25, 0.3) is 0 Å². The Bertz CT molecular complexity index is 586. The maximum Gasteiger partial charge on any atom is 0.0308 e. The molecule has 0 heteroatoms. The van der Waals surface area contributed by atoms with Crippen molar-refractivity contribution < 1.29 is 0 Å². The molecule has 0 aromatic heterocycles. The average molecular weight is 274 g/mol. The van der Waals surface area contributed by atoms with Crippen LogP contribution in [-0.2, 0) is 0 Å². The quantitative estimate of drug-likeness (QED) is 0.627. The molecule has 3 unspecified atom stereocenters. The van der Waals surface area contributed by atoms with Crippen molar-refractivity contribution in [2.24, 2.45) is 11.8 Å². The summed E-state index contributed by atoms with van der Waals surface area (Å²) < 4.78 is 0. The summed E-state index contributed by atoms with van der Waals surface area (Å²) in [4.78, 5) is 0. The highest BCUT2D eigenvalue weighted by Gasteiger charge is 2.33. The fourth-order valence-corrected chi connectivity index (χ4v) is 3.16. The molecule has 1 aromatic carbocycles. The first kappa shape index (κ1) is 15.1. The van der Waals surface area contributed by atoms with Gasteiger partial charge in [-0.3, -0.25) is 0 Å². The number of allylic oxidation sites excluding steroid dienone is 6. The van der Waals surface area contributed by atoms with Gasteiger partial charge in [0.2, 0.25) is 0 Å². The summed E-state index contributed by atoms with van der Waals surface area (Å²) in [5, 5.41) is 0. The van der Waals surface area contributed by atoms with Crippen LogP contribution in [0.3, 0.4) is 0 Å². The van der Waals surface area contributed by atoms with Gasteiger partial charge in [0.15, 0.2) is 0 Å². The van der Waals surface area contributed by atoms with Crippen molar-refractivity contribution in [3.8, 4) is 0 Å². The molecule has 0 heterocycles. The molecule has 0 spiro atoms. The predicted molar refractivity (Wildman–Crippen MR) is 90.9 cm³/mol. The molecule has 1 aliphatic carbocycles. The molecule has 0 nitrogen and oxygen atoms in total. The van der Waals surface area contributed by atoms with Gasteiger partial charge in [0, 0.05) is 5.92 Å². The van der Waals surface area contributed by atoms with E-state index in [0.717, 1.165) is 6.42 Å².